The Morgan fingerprint density at radius 3 is 2.21 bits per heavy atom. The van der Waals surface area contributed by atoms with Crippen molar-refractivity contribution >= 4 is 29.3 Å². The average molecular weight is 497 g/mol. The number of alkyl halides is 3. The summed E-state index contributed by atoms with van der Waals surface area (Å²) in [7, 11) is 0. The molecule has 2 aromatic carbocycles. The number of hydrogen-bond donors (Lipinski definition) is 3. The van der Waals surface area contributed by atoms with Crippen LogP contribution >= 0.6 is 11.6 Å². The molecule has 4 N–H and O–H groups in total. The van der Waals surface area contributed by atoms with Gasteiger partial charge in [-0.2, -0.15) is 13.2 Å². The van der Waals surface area contributed by atoms with Crippen LogP contribution in [0.25, 0.3) is 11.3 Å². The fourth-order valence-corrected chi connectivity index (χ4v) is 2.87. The number of carboxylic acid groups (broad SMARTS) is 1. The lowest BCUT2D eigenvalue weighted by Gasteiger charge is -2.14. The third kappa shape index (κ3) is 7.93. The molecule has 0 radical (unpaired) electrons. The minimum absolute atomic E-state index is 0.185. The number of nitrogens with two attached hydrogens (primary N) is 1. The summed E-state index contributed by atoms with van der Waals surface area (Å²) in [5.41, 5.74) is 7.32. The molecule has 0 aliphatic carbocycles. The lowest BCUT2D eigenvalue weighted by atomic mass is 10.1. The zero-order valence-corrected chi connectivity index (χ0v) is 18.3. The maximum atomic E-state index is 12.8. The number of amides is 1. The molecule has 180 valence electrons. The van der Waals surface area contributed by atoms with Gasteiger partial charge in [0.1, 0.15) is 6.54 Å². The molecule has 1 amide bonds. The van der Waals surface area contributed by atoms with E-state index in [1.807, 2.05) is 30.3 Å². The molecule has 0 bridgehead atoms. The molecule has 0 spiro atoms. The Labute approximate surface area is 196 Å². The van der Waals surface area contributed by atoms with Gasteiger partial charge in [-0.15, -0.1) is 0 Å². The molecule has 34 heavy (non-hydrogen) atoms. The second-order valence-corrected chi connectivity index (χ2v) is 7.26. The Hall–Kier alpha value is -3.86. The molecule has 0 saturated carbocycles. The van der Waals surface area contributed by atoms with E-state index in [-0.39, 0.29) is 12.4 Å². The van der Waals surface area contributed by atoms with Crippen LogP contribution in [-0.4, -0.2) is 39.3 Å². The zero-order valence-electron chi connectivity index (χ0n) is 17.6. The largest absolute Gasteiger partial charge is 0.490 e. The quantitative estimate of drug-likeness (QED) is 0.460. The summed E-state index contributed by atoms with van der Waals surface area (Å²) < 4.78 is 33.1. The van der Waals surface area contributed by atoms with Gasteiger partial charge < -0.3 is 16.2 Å². The van der Waals surface area contributed by atoms with Crippen LogP contribution in [-0.2, 0) is 22.6 Å². The first kappa shape index (κ1) is 26.4. The molecule has 1 heterocycles. The summed E-state index contributed by atoms with van der Waals surface area (Å²) >= 11 is 5.92. The highest BCUT2D eigenvalue weighted by Gasteiger charge is 2.38. The summed E-state index contributed by atoms with van der Waals surface area (Å²) in [4.78, 5) is 37.4. The minimum atomic E-state index is -5.08. The summed E-state index contributed by atoms with van der Waals surface area (Å²) in [5.74, 6) is -3.17. The lowest BCUT2D eigenvalue weighted by molar-refractivity contribution is -0.192. The third-order valence-corrected chi connectivity index (χ3v) is 4.55. The van der Waals surface area contributed by atoms with Gasteiger partial charge in [0.15, 0.2) is 5.82 Å². The number of primary amides is 1. The number of hydrogen-bond acceptors (Lipinski definition) is 5. The molecule has 12 heteroatoms. The predicted molar refractivity (Wildman–Crippen MR) is 120 cm³/mol. The molecular formula is C22H20ClF3N4O4. The smallest absolute Gasteiger partial charge is 0.475 e. The van der Waals surface area contributed by atoms with E-state index < -0.39 is 23.6 Å². The van der Waals surface area contributed by atoms with E-state index >= 15 is 0 Å². The van der Waals surface area contributed by atoms with Crippen molar-refractivity contribution in [3.63, 3.8) is 0 Å². The van der Waals surface area contributed by atoms with Crippen molar-refractivity contribution in [2.45, 2.75) is 19.1 Å². The third-order valence-electron chi connectivity index (χ3n) is 4.30. The van der Waals surface area contributed by atoms with E-state index in [0.29, 0.717) is 17.3 Å². The second kappa shape index (κ2) is 11.8. The molecule has 0 aliphatic heterocycles. The monoisotopic (exact) mass is 496 g/mol. The summed E-state index contributed by atoms with van der Waals surface area (Å²) in [6, 6.07) is 16.9. The highest BCUT2D eigenvalue weighted by Crippen LogP contribution is 2.20. The van der Waals surface area contributed by atoms with Gasteiger partial charge in [-0.1, -0.05) is 54.1 Å². The Morgan fingerprint density at radius 1 is 1.09 bits per heavy atom. The minimum Gasteiger partial charge on any atom is -0.475 e. The molecule has 0 atom stereocenters. The van der Waals surface area contributed by atoms with Gasteiger partial charge in [-0.05, 0) is 29.7 Å². The summed E-state index contributed by atoms with van der Waals surface area (Å²) in [6.07, 6.45) is -2.78. The van der Waals surface area contributed by atoms with Crippen molar-refractivity contribution < 1.29 is 27.9 Å². The molecule has 0 saturated heterocycles. The number of aliphatic carboxylic acids is 1. The second-order valence-electron chi connectivity index (χ2n) is 6.82. The van der Waals surface area contributed by atoms with Crippen LogP contribution < -0.4 is 16.6 Å². The SMILES string of the molecule is NC(=O)Cn1c(-c2ccc(Cl)cc2)cnc(NCCc2ccccc2)c1=O.O=C(O)C(F)(F)F. The number of carbonyl (C=O) groups excluding carboxylic acids is 1. The highest BCUT2D eigenvalue weighted by molar-refractivity contribution is 6.30. The standard InChI is InChI=1S/C20H19ClN4O2.C2HF3O2/c21-16-8-6-15(7-9-16)17-12-24-19(20(27)25(17)13-18(22)26)23-11-10-14-4-2-1-3-5-14;3-2(4,5)1(6)7/h1-9,12H,10-11,13H2,(H2,22,26)(H,23,24);(H,6,7). The predicted octanol–water partition coefficient (Wildman–Crippen LogP) is 3.34. The Balaban J connectivity index is 0.000000509. The number of nitrogens with one attached hydrogen (secondary N) is 1. The molecular weight excluding hydrogens is 477 g/mol. The van der Waals surface area contributed by atoms with Gasteiger partial charge in [0.05, 0.1) is 11.9 Å². The number of rotatable bonds is 7. The highest BCUT2D eigenvalue weighted by atomic mass is 35.5. The van der Waals surface area contributed by atoms with Crippen molar-refractivity contribution in [1.29, 1.82) is 0 Å². The van der Waals surface area contributed by atoms with Gasteiger partial charge >= 0.3 is 12.1 Å². The van der Waals surface area contributed by atoms with Crippen LogP contribution in [0.4, 0.5) is 19.0 Å². The Kier molecular flexibility index (Phi) is 9.19. The van der Waals surface area contributed by atoms with Crippen molar-refractivity contribution in [2.24, 2.45) is 5.73 Å². The van der Waals surface area contributed by atoms with E-state index in [1.165, 1.54) is 4.57 Å². The van der Waals surface area contributed by atoms with Crippen LogP contribution in [0.2, 0.25) is 5.02 Å². The molecule has 0 fully saturated rings. The van der Waals surface area contributed by atoms with Crippen LogP contribution in [0.15, 0.2) is 65.6 Å². The molecule has 8 nitrogen and oxygen atoms in total. The van der Waals surface area contributed by atoms with E-state index in [2.05, 4.69) is 10.3 Å². The number of carboxylic acids is 1. The first-order valence-electron chi connectivity index (χ1n) is 9.71. The fraction of sp³-hybridized carbons (Fsp3) is 0.182. The molecule has 3 aromatic rings. The van der Waals surface area contributed by atoms with Crippen molar-refractivity contribution in [3.8, 4) is 11.3 Å². The van der Waals surface area contributed by atoms with Crippen LogP contribution in [0.5, 0.6) is 0 Å². The summed E-state index contributed by atoms with van der Waals surface area (Å²) in [5, 5.41) is 10.7. The topological polar surface area (TPSA) is 127 Å². The van der Waals surface area contributed by atoms with Gasteiger partial charge in [0, 0.05) is 11.6 Å². The normalized spacial score (nSPS) is 10.7. The number of carbonyl (C=O) groups is 2. The molecule has 0 unspecified atom stereocenters. The number of aromatic nitrogens is 2. The van der Waals surface area contributed by atoms with Crippen LogP contribution in [0.1, 0.15) is 5.56 Å². The fourth-order valence-electron chi connectivity index (χ4n) is 2.74. The number of benzene rings is 2. The van der Waals surface area contributed by atoms with E-state index in [0.717, 1.165) is 17.5 Å². The summed E-state index contributed by atoms with van der Waals surface area (Å²) in [6.45, 7) is 0.315. The van der Waals surface area contributed by atoms with Gasteiger partial charge in [-0.3, -0.25) is 14.2 Å². The van der Waals surface area contributed by atoms with Crippen LogP contribution in [0.3, 0.4) is 0 Å². The van der Waals surface area contributed by atoms with Gasteiger partial charge in [-0.25, -0.2) is 9.78 Å². The molecule has 0 aliphatic rings. The maximum absolute atomic E-state index is 12.8. The van der Waals surface area contributed by atoms with E-state index in [1.54, 1.807) is 30.5 Å². The van der Waals surface area contributed by atoms with Crippen LogP contribution in [0, 0.1) is 0 Å². The first-order valence-corrected chi connectivity index (χ1v) is 10.1. The number of halogens is 4. The average Bonchev–Trinajstić information content (AvgIpc) is 2.77. The zero-order chi connectivity index (χ0) is 25.3. The molecule has 1 aromatic heterocycles. The number of nitrogens with zero attached hydrogens (tertiary/aromatic N) is 2. The lowest BCUT2D eigenvalue weighted by Crippen LogP contribution is -2.31. The maximum Gasteiger partial charge on any atom is 0.490 e. The Bertz CT molecular complexity index is 1180. The van der Waals surface area contributed by atoms with Gasteiger partial charge in [0.2, 0.25) is 5.91 Å². The van der Waals surface area contributed by atoms with Crippen molar-refractivity contribution in [1.82, 2.24) is 9.55 Å². The van der Waals surface area contributed by atoms with Crippen molar-refractivity contribution in [3.05, 3.63) is 81.7 Å². The van der Waals surface area contributed by atoms with Crippen molar-refractivity contribution in [2.75, 3.05) is 11.9 Å². The van der Waals surface area contributed by atoms with Gasteiger partial charge in [0.25, 0.3) is 5.56 Å². The molecule has 3 rings (SSSR count). The Morgan fingerprint density at radius 2 is 1.68 bits per heavy atom. The van der Waals surface area contributed by atoms with E-state index in [4.69, 9.17) is 27.2 Å². The number of anilines is 1. The first-order chi connectivity index (χ1) is 16.0. The van der Waals surface area contributed by atoms with E-state index in [9.17, 15) is 22.8 Å².